The van der Waals surface area contributed by atoms with Crippen molar-refractivity contribution in [1.82, 2.24) is 10.3 Å². The molecule has 106 valence electrons. The molecule has 0 aliphatic carbocycles. The fourth-order valence-corrected chi connectivity index (χ4v) is 1.90. The number of amides is 1. The lowest BCUT2D eigenvalue weighted by Gasteiger charge is -2.12. The quantitative estimate of drug-likeness (QED) is 0.727. The number of fused-ring (bicyclic) bond motifs is 1. The van der Waals surface area contributed by atoms with Gasteiger partial charge in [0.2, 0.25) is 5.91 Å². The molecule has 0 aliphatic heterocycles. The molecule has 5 heteroatoms. The van der Waals surface area contributed by atoms with E-state index >= 15 is 0 Å². The van der Waals surface area contributed by atoms with Crippen LogP contribution in [0.5, 0.6) is 0 Å². The van der Waals surface area contributed by atoms with Crippen molar-refractivity contribution in [2.24, 2.45) is 5.92 Å². The highest BCUT2D eigenvalue weighted by molar-refractivity contribution is 5.99. The molecule has 0 fully saturated rings. The zero-order chi connectivity index (χ0) is 14.5. The number of nitrogens with zero attached hydrogens (tertiary/aromatic N) is 1. The van der Waals surface area contributed by atoms with Crippen LogP contribution in [0.25, 0.3) is 10.8 Å². The third-order valence-corrected chi connectivity index (χ3v) is 3.01. The molecule has 1 amide bonds. The molecule has 0 spiro atoms. The number of carbonyl (C=O) groups is 1. The molecule has 5 nitrogen and oxygen atoms in total. The molecule has 0 aliphatic rings. The van der Waals surface area contributed by atoms with Gasteiger partial charge in [-0.25, -0.2) is 0 Å². The highest BCUT2D eigenvalue weighted by atomic mass is 16.1. The first-order valence-electron chi connectivity index (χ1n) is 6.70. The Balaban J connectivity index is 2.03. The van der Waals surface area contributed by atoms with Crippen LogP contribution >= 0.6 is 0 Å². The van der Waals surface area contributed by atoms with Crippen LogP contribution in [0.4, 0.5) is 11.4 Å². The van der Waals surface area contributed by atoms with Gasteiger partial charge in [0.15, 0.2) is 0 Å². The minimum absolute atomic E-state index is 0.0343. The molecule has 0 bridgehead atoms. The van der Waals surface area contributed by atoms with E-state index in [2.05, 4.69) is 29.5 Å². The first-order chi connectivity index (χ1) is 9.58. The van der Waals surface area contributed by atoms with Crippen LogP contribution in [0.1, 0.15) is 13.8 Å². The topological polar surface area (TPSA) is 80.0 Å². The smallest absolute Gasteiger partial charge is 0.239 e. The summed E-state index contributed by atoms with van der Waals surface area (Å²) in [6.07, 6.45) is 3.47. The Morgan fingerprint density at radius 2 is 2.15 bits per heavy atom. The Labute approximate surface area is 118 Å². The average Bonchev–Trinajstić information content (AvgIpc) is 2.44. The summed E-state index contributed by atoms with van der Waals surface area (Å²) in [5.74, 6) is 0.408. The normalized spacial score (nSPS) is 10.8. The first kappa shape index (κ1) is 14.1. The van der Waals surface area contributed by atoms with Crippen molar-refractivity contribution in [2.75, 3.05) is 24.1 Å². The largest absolute Gasteiger partial charge is 0.397 e. The minimum Gasteiger partial charge on any atom is -0.397 e. The third kappa shape index (κ3) is 3.38. The fourth-order valence-electron chi connectivity index (χ4n) is 1.90. The monoisotopic (exact) mass is 272 g/mol. The maximum Gasteiger partial charge on any atom is 0.239 e. The summed E-state index contributed by atoms with van der Waals surface area (Å²) in [5.41, 5.74) is 7.51. The van der Waals surface area contributed by atoms with Gasteiger partial charge < -0.3 is 16.4 Å². The van der Waals surface area contributed by atoms with Crippen LogP contribution in [0.3, 0.4) is 0 Å². The second-order valence-electron chi connectivity index (χ2n) is 5.18. The van der Waals surface area contributed by atoms with Crippen molar-refractivity contribution in [1.29, 1.82) is 0 Å². The van der Waals surface area contributed by atoms with Crippen LogP contribution in [-0.2, 0) is 4.79 Å². The van der Waals surface area contributed by atoms with E-state index < -0.39 is 0 Å². The van der Waals surface area contributed by atoms with Gasteiger partial charge in [0.1, 0.15) is 0 Å². The van der Waals surface area contributed by atoms with Crippen molar-refractivity contribution >= 4 is 28.1 Å². The third-order valence-electron chi connectivity index (χ3n) is 3.01. The molecule has 1 aromatic carbocycles. The van der Waals surface area contributed by atoms with Crippen LogP contribution in [-0.4, -0.2) is 24.0 Å². The van der Waals surface area contributed by atoms with Gasteiger partial charge in [-0.2, -0.15) is 0 Å². The number of rotatable bonds is 5. The summed E-state index contributed by atoms with van der Waals surface area (Å²) in [7, 11) is 0. The molecule has 0 saturated heterocycles. The summed E-state index contributed by atoms with van der Waals surface area (Å²) in [6, 6.07) is 5.68. The summed E-state index contributed by atoms with van der Waals surface area (Å²) in [6.45, 7) is 5.01. The first-order valence-corrected chi connectivity index (χ1v) is 6.70. The fraction of sp³-hybridized carbons (Fsp3) is 0.333. The Morgan fingerprint density at radius 1 is 1.35 bits per heavy atom. The Hall–Kier alpha value is -2.30. The number of pyridine rings is 1. The van der Waals surface area contributed by atoms with Gasteiger partial charge in [0.05, 0.1) is 17.9 Å². The number of hydrogen-bond donors (Lipinski definition) is 3. The number of nitrogens with one attached hydrogen (secondary N) is 2. The van der Waals surface area contributed by atoms with Gasteiger partial charge in [0, 0.05) is 29.7 Å². The van der Waals surface area contributed by atoms with E-state index in [0.29, 0.717) is 18.2 Å². The Morgan fingerprint density at radius 3 is 2.90 bits per heavy atom. The molecule has 0 saturated carbocycles. The highest BCUT2D eigenvalue weighted by Gasteiger charge is 2.06. The summed E-state index contributed by atoms with van der Waals surface area (Å²) < 4.78 is 0. The number of nitrogen functional groups attached to an aromatic ring is 1. The van der Waals surface area contributed by atoms with Gasteiger partial charge in [-0.05, 0) is 18.1 Å². The number of nitrogens with two attached hydrogens (primary N) is 1. The van der Waals surface area contributed by atoms with Gasteiger partial charge in [-0.3, -0.25) is 9.78 Å². The molecule has 0 atom stereocenters. The van der Waals surface area contributed by atoms with Crippen LogP contribution in [0.15, 0.2) is 30.6 Å². The molecule has 2 aromatic rings. The molecule has 1 aromatic heterocycles. The second-order valence-corrected chi connectivity index (χ2v) is 5.18. The Bertz CT molecular complexity index is 610. The average molecular weight is 272 g/mol. The minimum atomic E-state index is -0.0343. The van der Waals surface area contributed by atoms with E-state index in [1.807, 2.05) is 18.2 Å². The SMILES string of the molecule is CC(C)CNC(=O)CNc1ccc2cnccc2c1N. The zero-order valence-electron chi connectivity index (χ0n) is 11.8. The number of anilines is 2. The maximum atomic E-state index is 11.7. The lowest BCUT2D eigenvalue weighted by Crippen LogP contribution is -2.32. The van der Waals surface area contributed by atoms with E-state index in [0.717, 1.165) is 16.5 Å². The van der Waals surface area contributed by atoms with E-state index in [1.165, 1.54) is 0 Å². The van der Waals surface area contributed by atoms with E-state index in [1.54, 1.807) is 12.4 Å². The lowest BCUT2D eigenvalue weighted by molar-refractivity contribution is -0.119. The van der Waals surface area contributed by atoms with Crippen molar-refractivity contribution < 1.29 is 4.79 Å². The summed E-state index contributed by atoms with van der Waals surface area (Å²) in [4.78, 5) is 15.7. The van der Waals surface area contributed by atoms with E-state index in [-0.39, 0.29) is 12.5 Å². The number of aromatic nitrogens is 1. The number of benzene rings is 1. The molecule has 20 heavy (non-hydrogen) atoms. The van der Waals surface area contributed by atoms with Gasteiger partial charge >= 0.3 is 0 Å². The molecule has 0 radical (unpaired) electrons. The molecular formula is C15H20N4O. The second kappa shape index (κ2) is 6.23. The molecule has 2 rings (SSSR count). The molecular weight excluding hydrogens is 252 g/mol. The summed E-state index contributed by atoms with van der Waals surface area (Å²) in [5, 5.41) is 7.85. The van der Waals surface area contributed by atoms with Crippen molar-refractivity contribution in [3.8, 4) is 0 Å². The van der Waals surface area contributed by atoms with Gasteiger partial charge in [-0.1, -0.05) is 19.9 Å². The van der Waals surface area contributed by atoms with E-state index in [9.17, 15) is 4.79 Å². The van der Waals surface area contributed by atoms with E-state index in [4.69, 9.17) is 5.73 Å². The predicted molar refractivity (Wildman–Crippen MR) is 82.5 cm³/mol. The highest BCUT2D eigenvalue weighted by Crippen LogP contribution is 2.27. The maximum absolute atomic E-state index is 11.7. The van der Waals surface area contributed by atoms with Gasteiger partial charge in [-0.15, -0.1) is 0 Å². The van der Waals surface area contributed by atoms with Gasteiger partial charge in [0.25, 0.3) is 0 Å². The van der Waals surface area contributed by atoms with Crippen LogP contribution < -0.4 is 16.4 Å². The van der Waals surface area contributed by atoms with Crippen LogP contribution in [0, 0.1) is 5.92 Å². The van der Waals surface area contributed by atoms with Crippen LogP contribution in [0.2, 0.25) is 0 Å². The van der Waals surface area contributed by atoms with Crippen molar-refractivity contribution in [2.45, 2.75) is 13.8 Å². The number of carbonyl (C=O) groups excluding carboxylic acids is 1. The van der Waals surface area contributed by atoms with Crippen molar-refractivity contribution in [3.05, 3.63) is 30.6 Å². The Kier molecular flexibility index (Phi) is 4.40. The molecule has 1 heterocycles. The zero-order valence-corrected chi connectivity index (χ0v) is 11.8. The molecule has 0 unspecified atom stereocenters. The number of hydrogen-bond acceptors (Lipinski definition) is 4. The standard InChI is InChI=1S/C15H20N4O/c1-10(2)7-19-14(20)9-18-13-4-3-11-8-17-6-5-12(11)15(13)16/h3-6,8,10,18H,7,9,16H2,1-2H3,(H,19,20). The molecule has 4 N–H and O–H groups in total. The lowest BCUT2D eigenvalue weighted by atomic mass is 10.1. The predicted octanol–water partition coefficient (Wildman–Crippen LogP) is 2.00. The summed E-state index contributed by atoms with van der Waals surface area (Å²) >= 11 is 0. The van der Waals surface area contributed by atoms with Crippen molar-refractivity contribution in [3.63, 3.8) is 0 Å².